The highest BCUT2D eigenvalue weighted by Gasteiger charge is 2.26. The molecule has 2 amide bonds. The Morgan fingerprint density at radius 2 is 1.64 bits per heavy atom. The number of ether oxygens (including phenoxy) is 1. The van der Waals surface area contributed by atoms with Crippen LogP contribution in [0, 0.1) is 0 Å². The fourth-order valence-corrected chi connectivity index (χ4v) is 2.71. The molecule has 0 aliphatic heterocycles. The first-order valence-electron chi connectivity index (χ1n) is 9.11. The number of hydrogen-bond donors (Lipinski definition) is 2. The van der Waals surface area contributed by atoms with Gasteiger partial charge in [-0.15, -0.1) is 0 Å². The van der Waals surface area contributed by atoms with Crippen LogP contribution in [0.2, 0.25) is 0 Å². The minimum Gasteiger partial charge on any atom is -0.481 e. The first kappa shape index (κ1) is 19.5. The molecule has 3 rings (SSSR count). The van der Waals surface area contributed by atoms with Gasteiger partial charge in [-0.25, -0.2) is 0 Å². The molecule has 0 aliphatic rings. The average molecular weight is 380 g/mol. The smallest absolute Gasteiger partial charge is 0.289 e. The van der Waals surface area contributed by atoms with Crippen molar-refractivity contribution < 1.29 is 18.7 Å². The highest BCUT2D eigenvalue weighted by atomic mass is 16.5. The molecule has 1 aromatic heterocycles. The number of fused-ring (bicyclic) bond motifs is 1. The van der Waals surface area contributed by atoms with E-state index in [0.717, 1.165) is 0 Å². The van der Waals surface area contributed by atoms with Gasteiger partial charge in [0.15, 0.2) is 6.10 Å². The molecule has 1 heterocycles. The number of para-hydroxylation sites is 2. The molecule has 2 aromatic carbocycles. The summed E-state index contributed by atoms with van der Waals surface area (Å²) >= 11 is 0. The van der Waals surface area contributed by atoms with E-state index in [4.69, 9.17) is 9.15 Å². The van der Waals surface area contributed by atoms with Crippen molar-refractivity contribution >= 4 is 28.5 Å². The van der Waals surface area contributed by atoms with E-state index in [1.165, 1.54) is 0 Å². The number of carbonyl (C=O) groups excluding carboxylic acids is 2. The van der Waals surface area contributed by atoms with Crippen LogP contribution in [0.1, 0.15) is 38.2 Å². The van der Waals surface area contributed by atoms with Crippen LogP contribution in [0.5, 0.6) is 5.75 Å². The lowest BCUT2D eigenvalue weighted by atomic mass is 10.1. The molecule has 0 radical (unpaired) electrons. The zero-order valence-electron chi connectivity index (χ0n) is 16.4. The summed E-state index contributed by atoms with van der Waals surface area (Å²) in [6.45, 7) is 7.28. The minimum absolute atomic E-state index is 0.0661. The van der Waals surface area contributed by atoms with Crippen molar-refractivity contribution in [2.45, 2.75) is 39.3 Å². The van der Waals surface area contributed by atoms with Crippen molar-refractivity contribution in [2.24, 2.45) is 0 Å². The molecular formula is C22H24N2O4. The van der Waals surface area contributed by atoms with Gasteiger partial charge >= 0.3 is 0 Å². The van der Waals surface area contributed by atoms with Crippen LogP contribution in [-0.4, -0.2) is 23.5 Å². The molecular weight excluding hydrogens is 356 g/mol. The molecule has 6 nitrogen and oxygen atoms in total. The van der Waals surface area contributed by atoms with Crippen LogP contribution in [-0.2, 0) is 4.79 Å². The van der Waals surface area contributed by atoms with Gasteiger partial charge in [0.2, 0.25) is 5.76 Å². The second-order valence-electron chi connectivity index (χ2n) is 7.57. The lowest BCUT2D eigenvalue weighted by Crippen LogP contribution is -2.41. The van der Waals surface area contributed by atoms with Gasteiger partial charge in [0, 0.05) is 10.9 Å². The quantitative estimate of drug-likeness (QED) is 0.689. The number of anilines is 1. The molecule has 0 saturated carbocycles. The van der Waals surface area contributed by atoms with Gasteiger partial charge in [0.1, 0.15) is 17.0 Å². The van der Waals surface area contributed by atoms with Crippen LogP contribution < -0.4 is 15.4 Å². The Bertz CT molecular complexity index is 987. The zero-order valence-corrected chi connectivity index (χ0v) is 16.4. The average Bonchev–Trinajstić information content (AvgIpc) is 3.00. The van der Waals surface area contributed by atoms with Crippen molar-refractivity contribution in [1.82, 2.24) is 5.32 Å². The number of carbonyl (C=O) groups is 2. The Hall–Kier alpha value is -3.28. The lowest BCUT2D eigenvalue weighted by Gasteiger charge is -2.20. The maximum atomic E-state index is 12.7. The van der Waals surface area contributed by atoms with Gasteiger partial charge in [0.25, 0.3) is 11.8 Å². The molecule has 0 spiro atoms. The van der Waals surface area contributed by atoms with Crippen LogP contribution in [0.25, 0.3) is 11.0 Å². The standard InChI is InChI=1S/C22H24N2O4/c1-14(27-15-10-6-5-7-11-15)20(25)23-18-16-12-8-9-13-17(16)28-19(18)21(26)24-22(2,3)4/h5-14H,1-4H3,(H,23,25)(H,24,26). The van der Waals surface area contributed by atoms with Gasteiger partial charge in [-0.05, 0) is 52.0 Å². The fourth-order valence-electron chi connectivity index (χ4n) is 2.71. The molecule has 0 saturated heterocycles. The van der Waals surface area contributed by atoms with Gasteiger partial charge in [0.05, 0.1) is 0 Å². The molecule has 3 aromatic rings. The normalized spacial score (nSPS) is 12.4. The van der Waals surface area contributed by atoms with E-state index >= 15 is 0 Å². The molecule has 0 bridgehead atoms. The largest absolute Gasteiger partial charge is 0.481 e. The SMILES string of the molecule is CC(Oc1ccccc1)C(=O)Nc1c(C(=O)NC(C)(C)C)oc2ccccc12. The number of benzene rings is 2. The van der Waals surface area contributed by atoms with E-state index in [9.17, 15) is 9.59 Å². The highest BCUT2D eigenvalue weighted by molar-refractivity contribution is 6.11. The van der Waals surface area contributed by atoms with Gasteiger partial charge in [-0.2, -0.15) is 0 Å². The molecule has 1 unspecified atom stereocenters. The molecule has 2 N–H and O–H groups in total. The Labute approximate surface area is 163 Å². The zero-order chi connectivity index (χ0) is 20.3. The Morgan fingerprint density at radius 3 is 2.32 bits per heavy atom. The summed E-state index contributed by atoms with van der Waals surface area (Å²) in [6, 6.07) is 16.3. The van der Waals surface area contributed by atoms with Crippen molar-refractivity contribution in [3.63, 3.8) is 0 Å². The molecule has 146 valence electrons. The summed E-state index contributed by atoms with van der Waals surface area (Å²) in [6.07, 6.45) is -0.755. The topological polar surface area (TPSA) is 80.6 Å². The lowest BCUT2D eigenvalue weighted by molar-refractivity contribution is -0.122. The number of amides is 2. The Kier molecular flexibility index (Phi) is 5.40. The number of furan rings is 1. The van der Waals surface area contributed by atoms with Crippen molar-refractivity contribution in [2.75, 3.05) is 5.32 Å². The van der Waals surface area contributed by atoms with Gasteiger partial charge in [-0.3, -0.25) is 9.59 Å². The Balaban J connectivity index is 1.87. The fraction of sp³-hybridized carbons (Fsp3) is 0.273. The second-order valence-corrected chi connectivity index (χ2v) is 7.57. The van der Waals surface area contributed by atoms with E-state index in [0.29, 0.717) is 22.4 Å². The molecule has 0 fully saturated rings. The summed E-state index contributed by atoms with van der Waals surface area (Å²) in [4.78, 5) is 25.4. The van der Waals surface area contributed by atoms with E-state index < -0.39 is 17.6 Å². The summed E-state index contributed by atoms with van der Waals surface area (Å²) in [7, 11) is 0. The van der Waals surface area contributed by atoms with Crippen LogP contribution >= 0.6 is 0 Å². The molecule has 28 heavy (non-hydrogen) atoms. The third-order valence-electron chi connectivity index (χ3n) is 3.96. The van der Waals surface area contributed by atoms with Crippen LogP contribution in [0.3, 0.4) is 0 Å². The molecule has 1 atom stereocenters. The number of hydrogen-bond acceptors (Lipinski definition) is 4. The molecule has 0 aliphatic carbocycles. The van der Waals surface area contributed by atoms with Gasteiger partial charge < -0.3 is 19.8 Å². The van der Waals surface area contributed by atoms with Crippen molar-refractivity contribution in [3.05, 3.63) is 60.4 Å². The van der Waals surface area contributed by atoms with Crippen LogP contribution in [0.15, 0.2) is 59.0 Å². The van der Waals surface area contributed by atoms with E-state index in [-0.39, 0.29) is 11.7 Å². The summed E-state index contributed by atoms with van der Waals surface area (Å²) < 4.78 is 11.4. The van der Waals surface area contributed by atoms with Crippen molar-refractivity contribution in [1.29, 1.82) is 0 Å². The Morgan fingerprint density at radius 1 is 1.00 bits per heavy atom. The molecule has 6 heteroatoms. The summed E-state index contributed by atoms with van der Waals surface area (Å²) in [5, 5.41) is 6.32. The number of rotatable bonds is 5. The van der Waals surface area contributed by atoms with Crippen molar-refractivity contribution in [3.8, 4) is 5.75 Å². The van der Waals surface area contributed by atoms with E-state index in [1.54, 1.807) is 31.2 Å². The van der Waals surface area contributed by atoms with E-state index in [1.807, 2.05) is 51.1 Å². The first-order chi connectivity index (χ1) is 13.2. The maximum Gasteiger partial charge on any atom is 0.289 e. The third kappa shape index (κ3) is 4.52. The van der Waals surface area contributed by atoms with Crippen LogP contribution in [0.4, 0.5) is 5.69 Å². The summed E-state index contributed by atoms with van der Waals surface area (Å²) in [5.74, 6) is -0.111. The maximum absolute atomic E-state index is 12.7. The van der Waals surface area contributed by atoms with E-state index in [2.05, 4.69) is 10.6 Å². The number of nitrogens with one attached hydrogen (secondary N) is 2. The summed E-state index contributed by atoms with van der Waals surface area (Å²) in [5.41, 5.74) is 0.417. The monoisotopic (exact) mass is 380 g/mol. The van der Waals surface area contributed by atoms with Gasteiger partial charge in [-0.1, -0.05) is 30.3 Å². The predicted octanol–water partition coefficient (Wildman–Crippen LogP) is 4.37. The first-order valence-corrected chi connectivity index (χ1v) is 9.11. The predicted molar refractivity (Wildman–Crippen MR) is 109 cm³/mol. The highest BCUT2D eigenvalue weighted by Crippen LogP contribution is 2.31. The third-order valence-corrected chi connectivity index (χ3v) is 3.96. The minimum atomic E-state index is -0.755. The second kappa shape index (κ2) is 7.76.